The number of nitrogens with two attached hydrogens (primary N) is 1. The van der Waals surface area contributed by atoms with E-state index in [1.165, 1.54) is 18.9 Å². The van der Waals surface area contributed by atoms with E-state index in [1.54, 1.807) is 18.2 Å². The molecule has 0 aliphatic carbocycles. The quantitative estimate of drug-likeness (QED) is 0.268. The molecule has 1 aromatic carbocycles. The van der Waals surface area contributed by atoms with Crippen molar-refractivity contribution in [3.8, 4) is 0 Å². The minimum atomic E-state index is -0.975. The van der Waals surface area contributed by atoms with Crippen molar-refractivity contribution >= 4 is 29.9 Å². The Labute approximate surface area is 143 Å². The number of hydrogen-bond acceptors (Lipinski definition) is 2. The van der Waals surface area contributed by atoms with Crippen molar-refractivity contribution in [1.82, 2.24) is 5.32 Å². The average molecular weight is 409 g/mol. The highest BCUT2D eigenvalue weighted by molar-refractivity contribution is 14.0. The predicted octanol–water partition coefficient (Wildman–Crippen LogP) is 2.96. The molecule has 21 heavy (non-hydrogen) atoms. The van der Waals surface area contributed by atoms with Crippen LogP contribution in [0.25, 0.3) is 0 Å². The van der Waals surface area contributed by atoms with Crippen molar-refractivity contribution in [1.29, 1.82) is 0 Å². The molecule has 120 valence electrons. The molecular weight excluding hydrogens is 384 g/mol. The third kappa shape index (κ3) is 8.21. The van der Waals surface area contributed by atoms with Crippen LogP contribution in [0.2, 0.25) is 0 Å². The highest BCUT2D eigenvalue weighted by Gasteiger charge is 2.11. The smallest absolute Gasteiger partial charge is 0.188 e. The van der Waals surface area contributed by atoms with Gasteiger partial charge >= 0.3 is 0 Å². The lowest BCUT2D eigenvalue weighted by Crippen LogP contribution is -2.32. The summed E-state index contributed by atoms with van der Waals surface area (Å²) in [7, 11) is 0. The Kier molecular flexibility index (Phi) is 11.2. The Bertz CT molecular complexity index is 429. The lowest BCUT2D eigenvalue weighted by atomic mass is 10.1. The Balaban J connectivity index is 0.00000400. The second-order valence-corrected chi connectivity index (χ2v) is 4.75. The Morgan fingerprint density at radius 3 is 2.71 bits per heavy atom. The lowest BCUT2D eigenvalue weighted by Gasteiger charge is -2.10. The number of nitrogens with zero attached hydrogens (tertiary/aromatic N) is 1. The fourth-order valence-electron chi connectivity index (χ4n) is 1.85. The van der Waals surface area contributed by atoms with E-state index in [0.717, 1.165) is 19.4 Å². The van der Waals surface area contributed by atoms with Crippen LogP contribution in [-0.2, 0) is 0 Å². The summed E-state index contributed by atoms with van der Waals surface area (Å²) in [6.45, 7) is 2.98. The molecule has 6 heteroatoms. The number of guanidine groups is 1. The highest BCUT2D eigenvalue weighted by atomic mass is 127. The average Bonchev–Trinajstić information content (AvgIpc) is 2.45. The third-order valence-electron chi connectivity index (χ3n) is 3.04. The van der Waals surface area contributed by atoms with E-state index >= 15 is 0 Å². The number of benzene rings is 1. The van der Waals surface area contributed by atoms with Gasteiger partial charge in [-0.05, 0) is 12.5 Å². The van der Waals surface area contributed by atoms with Crippen molar-refractivity contribution in [2.75, 3.05) is 13.1 Å². The molecule has 1 rings (SSSR count). The van der Waals surface area contributed by atoms with E-state index < -0.39 is 11.9 Å². The Morgan fingerprint density at radius 1 is 1.33 bits per heavy atom. The molecule has 1 atom stereocenters. The van der Waals surface area contributed by atoms with Crippen LogP contribution in [0.4, 0.5) is 4.39 Å². The Morgan fingerprint density at radius 2 is 2.05 bits per heavy atom. The minimum Gasteiger partial charge on any atom is -0.386 e. The van der Waals surface area contributed by atoms with Gasteiger partial charge in [-0.1, -0.05) is 44.4 Å². The van der Waals surface area contributed by atoms with Crippen LogP contribution in [-0.4, -0.2) is 24.2 Å². The van der Waals surface area contributed by atoms with Gasteiger partial charge in [-0.2, -0.15) is 0 Å². The predicted molar refractivity (Wildman–Crippen MR) is 95.4 cm³/mol. The van der Waals surface area contributed by atoms with Gasteiger partial charge in [-0.3, -0.25) is 4.99 Å². The van der Waals surface area contributed by atoms with Gasteiger partial charge in [0.2, 0.25) is 0 Å². The molecule has 4 nitrogen and oxygen atoms in total. The molecule has 0 saturated heterocycles. The number of rotatable bonds is 8. The number of aliphatic hydroxyl groups is 1. The highest BCUT2D eigenvalue weighted by Crippen LogP contribution is 2.16. The monoisotopic (exact) mass is 409 g/mol. The molecule has 0 aliphatic heterocycles. The molecule has 0 saturated carbocycles. The van der Waals surface area contributed by atoms with Crippen LogP contribution < -0.4 is 11.1 Å². The molecule has 0 bridgehead atoms. The van der Waals surface area contributed by atoms with Gasteiger partial charge in [0.05, 0.1) is 6.54 Å². The zero-order valence-electron chi connectivity index (χ0n) is 12.4. The number of halogens is 2. The molecule has 0 spiro atoms. The van der Waals surface area contributed by atoms with Gasteiger partial charge in [0.25, 0.3) is 0 Å². The van der Waals surface area contributed by atoms with Crippen molar-refractivity contribution in [3.05, 3.63) is 35.6 Å². The third-order valence-corrected chi connectivity index (χ3v) is 3.04. The molecule has 0 fully saturated rings. The maximum absolute atomic E-state index is 13.4. The van der Waals surface area contributed by atoms with Crippen LogP contribution in [0.1, 0.15) is 44.3 Å². The summed E-state index contributed by atoms with van der Waals surface area (Å²) >= 11 is 0. The molecule has 0 aromatic heterocycles. The minimum absolute atomic E-state index is 0. The summed E-state index contributed by atoms with van der Waals surface area (Å²) in [6, 6.07) is 6.13. The molecule has 1 unspecified atom stereocenters. The zero-order valence-corrected chi connectivity index (χ0v) is 14.7. The summed E-state index contributed by atoms with van der Waals surface area (Å²) in [5, 5.41) is 12.8. The maximum atomic E-state index is 13.4. The first-order chi connectivity index (χ1) is 9.65. The number of aliphatic hydroxyl groups excluding tert-OH is 1. The fraction of sp³-hybridized carbons (Fsp3) is 0.533. The molecule has 0 amide bonds. The second-order valence-electron chi connectivity index (χ2n) is 4.75. The second kappa shape index (κ2) is 11.7. The number of unbranched alkanes of at least 4 members (excludes halogenated alkanes) is 3. The molecule has 0 radical (unpaired) electrons. The normalized spacial score (nSPS) is 12.6. The van der Waals surface area contributed by atoms with Gasteiger partial charge in [-0.25, -0.2) is 4.39 Å². The van der Waals surface area contributed by atoms with Gasteiger partial charge in [0.1, 0.15) is 11.9 Å². The topological polar surface area (TPSA) is 70.6 Å². The van der Waals surface area contributed by atoms with Crippen LogP contribution in [0.15, 0.2) is 29.3 Å². The van der Waals surface area contributed by atoms with Crippen molar-refractivity contribution in [3.63, 3.8) is 0 Å². The van der Waals surface area contributed by atoms with Gasteiger partial charge in [0.15, 0.2) is 5.96 Å². The van der Waals surface area contributed by atoms with Gasteiger partial charge < -0.3 is 16.2 Å². The first-order valence-electron chi connectivity index (χ1n) is 7.11. The van der Waals surface area contributed by atoms with E-state index in [1.807, 2.05) is 0 Å². The van der Waals surface area contributed by atoms with Crippen LogP contribution in [0, 0.1) is 5.82 Å². The molecule has 4 N–H and O–H groups in total. The van der Waals surface area contributed by atoms with Crippen molar-refractivity contribution in [2.45, 2.75) is 38.7 Å². The SMILES string of the molecule is CCCCCCNC(N)=NCC(O)c1ccccc1F.I. The molecular formula is C15H25FIN3O. The van der Waals surface area contributed by atoms with E-state index in [0.29, 0.717) is 0 Å². The summed E-state index contributed by atoms with van der Waals surface area (Å²) < 4.78 is 13.4. The van der Waals surface area contributed by atoms with Gasteiger partial charge in [0, 0.05) is 12.1 Å². The summed E-state index contributed by atoms with van der Waals surface area (Å²) in [4.78, 5) is 4.03. The fourth-order valence-corrected chi connectivity index (χ4v) is 1.85. The first-order valence-corrected chi connectivity index (χ1v) is 7.11. The zero-order chi connectivity index (χ0) is 14.8. The standard InChI is InChI=1S/C15H24FN3O.HI/c1-2-3-4-7-10-18-15(17)19-11-14(20)12-8-5-6-9-13(12)16;/h5-6,8-9,14,20H,2-4,7,10-11H2,1H3,(H3,17,18,19);1H. The first kappa shape index (κ1) is 20.1. The maximum Gasteiger partial charge on any atom is 0.188 e. The number of aliphatic imine (C=N–C) groups is 1. The van der Waals surface area contributed by atoms with E-state index in [-0.39, 0.29) is 42.0 Å². The molecule has 0 heterocycles. The van der Waals surface area contributed by atoms with Crippen LogP contribution in [0.5, 0.6) is 0 Å². The van der Waals surface area contributed by atoms with E-state index in [2.05, 4.69) is 17.2 Å². The summed E-state index contributed by atoms with van der Waals surface area (Å²) in [5.41, 5.74) is 5.93. The molecule has 1 aromatic rings. The van der Waals surface area contributed by atoms with E-state index in [4.69, 9.17) is 5.73 Å². The number of hydrogen-bond donors (Lipinski definition) is 3. The lowest BCUT2D eigenvalue weighted by molar-refractivity contribution is 0.182. The summed E-state index contributed by atoms with van der Waals surface area (Å²) in [5.74, 6) is -0.141. The van der Waals surface area contributed by atoms with E-state index in [9.17, 15) is 9.50 Å². The van der Waals surface area contributed by atoms with Crippen molar-refractivity contribution < 1.29 is 9.50 Å². The Hall–Kier alpha value is -0.890. The van der Waals surface area contributed by atoms with Gasteiger partial charge in [-0.15, -0.1) is 24.0 Å². The molecule has 0 aliphatic rings. The van der Waals surface area contributed by atoms with Crippen molar-refractivity contribution in [2.24, 2.45) is 10.7 Å². The number of nitrogens with one attached hydrogen (secondary N) is 1. The summed E-state index contributed by atoms with van der Waals surface area (Å²) in [6.07, 6.45) is 3.63. The van der Waals surface area contributed by atoms with Crippen LogP contribution >= 0.6 is 24.0 Å². The van der Waals surface area contributed by atoms with Crippen LogP contribution in [0.3, 0.4) is 0 Å². The largest absolute Gasteiger partial charge is 0.386 e.